The number of pyridine rings is 1. The van der Waals surface area contributed by atoms with E-state index in [9.17, 15) is 23.8 Å². The Morgan fingerprint density at radius 1 is 1.14 bits per heavy atom. The summed E-state index contributed by atoms with van der Waals surface area (Å²) in [5.41, 5.74) is 0.353. The second-order valence-electron chi connectivity index (χ2n) is 10.4. The fraction of sp³-hybridized carbons (Fsp3) is 0.370. The first kappa shape index (κ1) is 29.5. The highest BCUT2D eigenvalue weighted by atomic mass is 35.5. The maximum atomic E-state index is 14.7. The minimum Gasteiger partial charge on any atom is -0.388 e. The Hall–Kier alpha value is -3.53. The van der Waals surface area contributed by atoms with Crippen LogP contribution in [0.5, 0.6) is 0 Å². The van der Waals surface area contributed by atoms with E-state index >= 15 is 0 Å². The summed E-state index contributed by atoms with van der Waals surface area (Å²) in [6, 6.07) is 3.07. The second kappa shape index (κ2) is 11.2. The van der Waals surface area contributed by atoms with Gasteiger partial charge in [-0.2, -0.15) is 10.2 Å². The number of aliphatic hydroxyl groups excluding tert-OH is 2. The van der Waals surface area contributed by atoms with Crippen LogP contribution in [0.3, 0.4) is 0 Å². The molecule has 43 heavy (non-hydrogen) atoms. The van der Waals surface area contributed by atoms with Crippen LogP contribution in [0, 0.1) is 18.6 Å². The van der Waals surface area contributed by atoms with Crippen LogP contribution in [-0.4, -0.2) is 95.7 Å². The molecule has 1 aromatic carbocycles. The number of benzene rings is 1. The van der Waals surface area contributed by atoms with Gasteiger partial charge in [0.25, 0.3) is 5.91 Å². The number of fused-ring (bicyclic) bond motifs is 1. The van der Waals surface area contributed by atoms with Gasteiger partial charge >= 0.3 is 0 Å². The van der Waals surface area contributed by atoms with Crippen LogP contribution in [0.25, 0.3) is 16.8 Å². The number of hydrogen-bond acceptors (Lipinski definition) is 9. The zero-order valence-electron chi connectivity index (χ0n) is 22.9. The smallest absolute Gasteiger partial charge is 0.274 e. The molecule has 3 aromatic heterocycles. The van der Waals surface area contributed by atoms with E-state index in [2.05, 4.69) is 20.2 Å². The molecule has 2 aliphatic heterocycles. The molecule has 2 aliphatic rings. The molecule has 16 heteroatoms. The fourth-order valence-electron chi connectivity index (χ4n) is 5.37. The Morgan fingerprint density at radius 3 is 2.65 bits per heavy atom. The predicted octanol–water partition coefficient (Wildman–Crippen LogP) is 2.92. The molecule has 12 nitrogen and oxygen atoms in total. The van der Waals surface area contributed by atoms with Crippen molar-refractivity contribution in [3.05, 3.63) is 75.8 Å². The first-order valence-corrected chi connectivity index (χ1v) is 13.8. The largest absolute Gasteiger partial charge is 0.388 e. The van der Waals surface area contributed by atoms with E-state index < -0.39 is 54.1 Å². The minimum absolute atomic E-state index is 0.0263. The topological polar surface area (TPSA) is 141 Å². The van der Waals surface area contributed by atoms with Gasteiger partial charge in [-0.1, -0.05) is 23.2 Å². The molecule has 0 spiro atoms. The Kier molecular flexibility index (Phi) is 7.69. The Bertz CT molecular complexity index is 1720. The van der Waals surface area contributed by atoms with E-state index in [1.165, 1.54) is 51.1 Å². The number of halogens is 4. The molecule has 5 heterocycles. The summed E-state index contributed by atoms with van der Waals surface area (Å²) in [7, 11) is 3.14. The number of carbonyl (C=O) groups is 1. The molecule has 4 aromatic rings. The van der Waals surface area contributed by atoms with Gasteiger partial charge in [-0.25, -0.2) is 23.4 Å². The summed E-state index contributed by atoms with van der Waals surface area (Å²) in [6.07, 6.45) is -1.41. The third-order valence-electron chi connectivity index (χ3n) is 7.38. The molecular formula is C27H25Cl2F2N7O5. The monoisotopic (exact) mass is 635 g/mol. The lowest BCUT2D eigenvalue weighted by molar-refractivity contribution is -0.196. The Morgan fingerprint density at radius 2 is 1.91 bits per heavy atom. The number of hydrogen-bond donors (Lipinski definition) is 2. The highest BCUT2D eigenvalue weighted by Crippen LogP contribution is 2.43. The van der Waals surface area contributed by atoms with Gasteiger partial charge in [-0.15, -0.1) is 0 Å². The van der Waals surface area contributed by atoms with Crippen molar-refractivity contribution in [1.82, 2.24) is 34.4 Å². The van der Waals surface area contributed by atoms with Crippen LogP contribution in [0.1, 0.15) is 34.3 Å². The molecular weight excluding hydrogens is 611 g/mol. The van der Waals surface area contributed by atoms with Crippen LogP contribution in [0.15, 0.2) is 36.8 Å². The number of nitrogens with zero attached hydrogens (tertiary/aromatic N) is 7. The van der Waals surface area contributed by atoms with Gasteiger partial charge in [0.05, 0.1) is 28.5 Å². The number of rotatable bonds is 5. The van der Waals surface area contributed by atoms with Gasteiger partial charge in [-0.05, 0) is 25.1 Å². The summed E-state index contributed by atoms with van der Waals surface area (Å²) in [5.74, 6) is -2.38. The maximum Gasteiger partial charge on any atom is 0.274 e. The summed E-state index contributed by atoms with van der Waals surface area (Å²) >= 11 is 12.0. The van der Waals surface area contributed by atoms with Crippen LogP contribution in [0.2, 0.25) is 10.0 Å². The molecule has 6 rings (SSSR count). The highest BCUT2D eigenvalue weighted by Gasteiger charge is 2.54. The van der Waals surface area contributed by atoms with Crippen LogP contribution in [0.4, 0.5) is 8.78 Å². The average molecular weight is 636 g/mol. The average Bonchev–Trinajstić information content (AvgIpc) is 3.70. The SMILES string of the molecule is Cc1nc([C@@H]2OC3C(O)CO[C@@H]3C(n3cc(-c4ccc(Cl)c(F)c4F)cn3)C2O)n(-c2cc(Cl)cnc2C(=O)N(C)C)n1. The van der Waals surface area contributed by atoms with Gasteiger partial charge in [0, 0.05) is 37.6 Å². The van der Waals surface area contributed by atoms with Crippen molar-refractivity contribution in [2.75, 3.05) is 20.7 Å². The van der Waals surface area contributed by atoms with Crippen molar-refractivity contribution in [2.45, 2.75) is 43.5 Å². The number of carbonyl (C=O) groups excluding carboxylic acids is 1. The van der Waals surface area contributed by atoms with E-state index in [-0.39, 0.29) is 50.8 Å². The molecule has 0 bridgehead atoms. The predicted molar refractivity (Wildman–Crippen MR) is 148 cm³/mol. The van der Waals surface area contributed by atoms with Gasteiger partial charge in [-0.3, -0.25) is 9.48 Å². The zero-order valence-corrected chi connectivity index (χ0v) is 24.4. The van der Waals surface area contributed by atoms with Gasteiger partial charge in [0.15, 0.2) is 23.2 Å². The van der Waals surface area contributed by atoms with E-state index in [0.717, 1.165) is 0 Å². The lowest BCUT2D eigenvalue weighted by Gasteiger charge is -2.41. The number of amides is 1. The molecule has 2 N–H and O–H groups in total. The Labute approximate surface area is 253 Å². The number of ether oxygens (including phenoxy) is 2. The second-order valence-corrected chi connectivity index (χ2v) is 11.3. The molecule has 1 amide bonds. The molecule has 2 saturated heterocycles. The van der Waals surface area contributed by atoms with Crippen molar-refractivity contribution < 1.29 is 33.3 Å². The molecule has 0 aliphatic carbocycles. The number of aryl methyl sites for hydroxylation is 1. The van der Waals surface area contributed by atoms with E-state index in [1.807, 2.05) is 0 Å². The zero-order chi connectivity index (χ0) is 30.7. The first-order chi connectivity index (χ1) is 20.5. The third-order valence-corrected chi connectivity index (χ3v) is 7.88. The van der Waals surface area contributed by atoms with Crippen LogP contribution in [-0.2, 0) is 9.47 Å². The van der Waals surface area contributed by atoms with Crippen molar-refractivity contribution in [1.29, 1.82) is 0 Å². The summed E-state index contributed by atoms with van der Waals surface area (Å²) < 4.78 is 43.6. The lowest BCUT2D eigenvalue weighted by Crippen LogP contribution is -2.52. The number of aromatic nitrogens is 6. The fourth-order valence-corrected chi connectivity index (χ4v) is 5.67. The van der Waals surface area contributed by atoms with E-state index in [0.29, 0.717) is 0 Å². The van der Waals surface area contributed by atoms with Crippen molar-refractivity contribution in [3.8, 4) is 16.8 Å². The van der Waals surface area contributed by atoms with E-state index in [4.69, 9.17) is 32.7 Å². The van der Waals surface area contributed by atoms with Crippen molar-refractivity contribution in [3.63, 3.8) is 0 Å². The lowest BCUT2D eigenvalue weighted by atomic mass is 9.91. The number of aliphatic hydroxyl groups is 2. The quantitative estimate of drug-likeness (QED) is 0.317. The molecule has 6 atom stereocenters. The Balaban J connectivity index is 1.44. The highest BCUT2D eigenvalue weighted by molar-refractivity contribution is 6.31. The normalized spacial score (nSPS) is 25.1. The van der Waals surface area contributed by atoms with Crippen LogP contribution >= 0.6 is 23.2 Å². The summed E-state index contributed by atoms with van der Waals surface area (Å²) in [4.78, 5) is 23.0. The molecule has 4 unspecified atom stereocenters. The molecule has 2 fully saturated rings. The standard InChI is InChI=1S/C27H25Cl2F2N7O5/c1-11-34-26(38(35-11)16-6-13(28)8-32-20(16)27(41)36(2)3)25-22(40)21(24-23(43-25)17(39)10-42-24)37-9-12(7-33-37)14-4-5-15(29)19(31)18(14)30/h4-9,17,21-25,39-40H,10H2,1-3H3/t17?,21?,22?,23?,24-,25-/m1/s1. The molecule has 0 saturated carbocycles. The first-order valence-electron chi connectivity index (χ1n) is 13.1. The maximum absolute atomic E-state index is 14.7. The molecule has 0 radical (unpaired) electrons. The van der Waals surface area contributed by atoms with Gasteiger partial charge < -0.3 is 24.6 Å². The van der Waals surface area contributed by atoms with Crippen LogP contribution < -0.4 is 0 Å². The van der Waals surface area contributed by atoms with Gasteiger partial charge in [0.2, 0.25) is 0 Å². The summed E-state index contributed by atoms with van der Waals surface area (Å²) in [6.45, 7) is 1.54. The third kappa shape index (κ3) is 5.07. The summed E-state index contributed by atoms with van der Waals surface area (Å²) in [5, 5.41) is 31.2. The van der Waals surface area contributed by atoms with Crippen molar-refractivity contribution >= 4 is 29.1 Å². The minimum atomic E-state index is -1.41. The van der Waals surface area contributed by atoms with Gasteiger partial charge in [0.1, 0.15) is 42.4 Å². The molecule has 226 valence electrons. The van der Waals surface area contributed by atoms with E-state index in [1.54, 1.807) is 21.0 Å². The van der Waals surface area contributed by atoms with Crippen molar-refractivity contribution in [2.24, 2.45) is 0 Å².